The molecule has 2 atom stereocenters. The van der Waals surface area contributed by atoms with Gasteiger partial charge < -0.3 is 9.84 Å². The highest BCUT2D eigenvalue weighted by Crippen LogP contribution is 2.39. The fraction of sp³-hybridized carbons (Fsp3) is 0.438. The summed E-state index contributed by atoms with van der Waals surface area (Å²) in [6.07, 6.45) is 5.51. The maximum atomic E-state index is 11.0. The fourth-order valence-corrected chi connectivity index (χ4v) is 3.11. The van der Waals surface area contributed by atoms with E-state index < -0.39 is 5.60 Å². The molecule has 100 valence electrons. The van der Waals surface area contributed by atoms with Gasteiger partial charge in [-0.2, -0.15) is 0 Å². The van der Waals surface area contributed by atoms with Gasteiger partial charge in [-0.25, -0.2) is 0 Å². The Balaban J connectivity index is 2.06. The summed E-state index contributed by atoms with van der Waals surface area (Å²) in [5.74, 6) is 0. The van der Waals surface area contributed by atoms with Gasteiger partial charge in [-0.05, 0) is 36.6 Å². The molecule has 1 saturated carbocycles. The second kappa shape index (κ2) is 4.91. The monoisotopic (exact) mass is 257 g/mol. The van der Waals surface area contributed by atoms with E-state index in [1.54, 1.807) is 13.3 Å². The molecule has 2 aromatic rings. The molecule has 3 rings (SSSR count). The van der Waals surface area contributed by atoms with E-state index in [0.29, 0.717) is 0 Å². The Bertz CT molecular complexity index is 584. The quantitative estimate of drug-likeness (QED) is 0.899. The van der Waals surface area contributed by atoms with Crippen molar-refractivity contribution < 1.29 is 9.84 Å². The number of hydrogen-bond donors (Lipinski definition) is 1. The third-order valence-electron chi connectivity index (χ3n) is 4.19. The first-order chi connectivity index (χ1) is 9.24. The van der Waals surface area contributed by atoms with Gasteiger partial charge in [0.1, 0.15) is 5.60 Å². The summed E-state index contributed by atoms with van der Waals surface area (Å²) >= 11 is 0. The van der Waals surface area contributed by atoms with Crippen LogP contribution in [-0.4, -0.2) is 23.3 Å². The van der Waals surface area contributed by atoms with Crippen LogP contribution >= 0.6 is 0 Å². The molecule has 0 aliphatic heterocycles. The maximum absolute atomic E-state index is 11.0. The van der Waals surface area contributed by atoms with Crippen LogP contribution in [0, 0.1) is 0 Å². The summed E-state index contributed by atoms with van der Waals surface area (Å²) in [5, 5.41) is 12.1. The molecular formula is C16H19NO2. The van der Waals surface area contributed by atoms with E-state index in [4.69, 9.17) is 4.74 Å². The number of aliphatic hydroxyl groups is 1. The third-order valence-corrected chi connectivity index (χ3v) is 4.19. The smallest absolute Gasteiger partial charge is 0.116 e. The number of aromatic nitrogens is 1. The van der Waals surface area contributed by atoms with E-state index in [-0.39, 0.29) is 6.10 Å². The lowest BCUT2D eigenvalue weighted by Gasteiger charge is -2.39. The number of rotatable bonds is 2. The van der Waals surface area contributed by atoms with Crippen LogP contribution in [0.3, 0.4) is 0 Å². The predicted molar refractivity (Wildman–Crippen MR) is 74.9 cm³/mol. The summed E-state index contributed by atoms with van der Waals surface area (Å²) in [6.45, 7) is 0. The minimum absolute atomic E-state index is 0.115. The normalized spacial score (nSPS) is 27.6. The fourth-order valence-electron chi connectivity index (χ4n) is 3.11. The zero-order valence-corrected chi connectivity index (χ0v) is 11.2. The van der Waals surface area contributed by atoms with Gasteiger partial charge in [0.05, 0.1) is 11.6 Å². The summed E-state index contributed by atoms with van der Waals surface area (Å²) < 4.78 is 5.51. The molecule has 3 heteroatoms. The standard InChI is InChI=1S/C16H19NO2/c1-19-15-6-2-3-9-16(15,18)13-7-8-14-12(11-13)5-4-10-17-14/h4-5,7-8,10-11,15,18H,2-3,6,9H2,1H3. The second-order valence-electron chi connectivity index (χ2n) is 5.31. The number of hydrogen-bond acceptors (Lipinski definition) is 3. The van der Waals surface area contributed by atoms with Crippen LogP contribution in [0.15, 0.2) is 36.5 Å². The zero-order chi connectivity index (χ0) is 13.3. The molecule has 0 amide bonds. The Labute approximate surface area is 113 Å². The minimum Gasteiger partial charge on any atom is -0.382 e. The van der Waals surface area contributed by atoms with Crippen LogP contribution in [0.2, 0.25) is 0 Å². The molecule has 0 spiro atoms. The number of nitrogens with zero attached hydrogens (tertiary/aromatic N) is 1. The van der Waals surface area contributed by atoms with Crippen molar-refractivity contribution in [1.29, 1.82) is 0 Å². The van der Waals surface area contributed by atoms with Crippen molar-refractivity contribution in [1.82, 2.24) is 4.98 Å². The lowest BCUT2D eigenvalue weighted by molar-refractivity contribution is -0.122. The summed E-state index contributed by atoms with van der Waals surface area (Å²) in [4.78, 5) is 4.32. The number of ether oxygens (including phenoxy) is 1. The molecule has 0 bridgehead atoms. The van der Waals surface area contributed by atoms with Crippen molar-refractivity contribution in [3.63, 3.8) is 0 Å². The third kappa shape index (κ3) is 2.13. The molecule has 3 nitrogen and oxygen atoms in total. The van der Waals surface area contributed by atoms with E-state index in [2.05, 4.69) is 4.98 Å². The topological polar surface area (TPSA) is 42.4 Å². The van der Waals surface area contributed by atoms with Gasteiger partial charge >= 0.3 is 0 Å². The first kappa shape index (κ1) is 12.6. The van der Waals surface area contributed by atoms with E-state index in [1.807, 2.05) is 30.3 Å². The summed E-state index contributed by atoms with van der Waals surface area (Å²) in [6, 6.07) is 9.95. The van der Waals surface area contributed by atoms with Crippen molar-refractivity contribution in [3.8, 4) is 0 Å². The zero-order valence-electron chi connectivity index (χ0n) is 11.2. The van der Waals surface area contributed by atoms with Crippen LogP contribution in [0.25, 0.3) is 10.9 Å². The molecule has 0 radical (unpaired) electrons. The van der Waals surface area contributed by atoms with E-state index >= 15 is 0 Å². The molecule has 1 aliphatic carbocycles. The molecular weight excluding hydrogens is 238 g/mol. The van der Waals surface area contributed by atoms with Gasteiger partial charge in [0, 0.05) is 18.7 Å². The number of methoxy groups -OCH3 is 1. The lowest BCUT2D eigenvalue weighted by Crippen LogP contribution is -2.43. The van der Waals surface area contributed by atoms with E-state index in [9.17, 15) is 5.11 Å². The number of pyridine rings is 1. The second-order valence-corrected chi connectivity index (χ2v) is 5.31. The van der Waals surface area contributed by atoms with Crippen LogP contribution in [-0.2, 0) is 10.3 Å². The van der Waals surface area contributed by atoms with Crippen LogP contribution < -0.4 is 0 Å². The Hall–Kier alpha value is -1.45. The van der Waals surface area contributed by atoms with Crippen molar-refractivity contribution >= 4 is 10.9 Å². The molecule has 19 heavy (non-hydrogen) atoms. The molecule has 1 N–H and O–H groups in total. The van der Waals surface area contributed by atoms with Gasteiger partial charge in [0.15, 0.2) is 0 Å². The predicted octanol–water partition coefficient (Wildman–Crippen LogP) is 3.01. The SMILES string of the molecule is COC1CCCCC1(O)c1ccc2ncccc2c1. The number of fused-ring (bicyclic) bond motifs is 1. The van der Waals surface area contributed by atoms with E-state index in [0.717, 1.165) is 42.1 Å². The van der Waals surface area contributed by atoms with Gasteiger partial charge in [-0.1, -0.05) is 25.0 Å². The highest BCUT2D eigenvalue weighted by atomic mass is 16.5. The first-order valence-corrected chi connectivity index (χ1v) is 6.84. The van der Waals surface area contributed by atoms with Crippen LogP contribution in [0.1, 0.15) is 31.2 Å². The minimum atomic E-state index is -0.864. The number of benzene rings is 1. The van der Waals surface area contributed by atoms with Crippen LogP contribution in [0.5, 0.6) is 0 Å². The van der Waals surface area contributed by atoms with E-state index in [1.165, 1.54) is 0 Å². The molecule has 1 aromatic carbocycles. The van der Waals surface area contributed by atoms with Crippen molar-refractivity contribution in [3.05, 3.63) is 42.1 Å². The largest absolute Gasteiger partial charge is 0.382 e. The molecule has 0 saturated heterocycles. The first-order valence-electron chi connectivity index (χ1n) is 6.84. The lowest BCUT2D eigenvalue weighted by atomic mass is 9.77. The Morgan fingerprint density at radius 2 is 2.21 bits per heavy atom. The average molecular weight is 257 g/mol. The molecule has 1 heterocycles. The van der Waals surface area contributed by atoms with Gasteiger partial charge in [-0.3, -0.25) is 4.98 Å². The highest BCUT2D eigenvalue weighted by molar-refractivity contribution is 5.79. The van der Waals surface area contributed by atoms with Crippen molar-refractivity contribution in [2.24, 2.45) is 0 Å². The Kier molecular flexibility index (Phi) is 3.25. The average Bonchev–Trinajstić information content (AvgIpc) is 2.47. The molecule has 1 aromatic heterocycles. The highest BCUT2D eigenvalue weighted by Gasteiger charge is 2.40. The van der Waals surface area contributed by atoms with Crippen LogP contribution in [0.4, 0.5) is 0 Å². The molecule has 1 fully saturated rings. The molecule has 1 aliphatic rings. The Morgan fingerprint density at radius 1 is 1.32 bits per heavy atom. The van der Waals surface area contributed by atoms with Gasteiger partial charge in [0.25, 0.3) is 0 Å². The van der Waals surface area contributed by atoms with Crippen molar-refractivity contribution in [2.45, 2.75) is 37.4 Å². The Morgan fingerprint density at radius 3 is 3.05 bits per heavy atom. The molecule has 2 unspecified atom stereocenters. The van der Waals surface area contributed by atoms with Crippen molar-refractivity contribution in [2.75, 3.05) is 7.11 Å². The maximum Gasteiger partial charge on any atom is 0.116 e. The van der Waals surface area contributed by atoms with Gasteiger partial charge in [-0.15, -0.1) is 0 Å². The summed E-state index contributed by atoms with van der Waals surface area (Å²) in [5.41, 5.74) is 1.04. The summed E-state index contributed by atoms with van der Waals surface area (Å²) in [7, 11) is 1.68. The van der Waals surface area contributed by atoms with Gasteiger partial charge in [0.2, 0.25) is 0 Å².